The molecule has 0 atom stereocenters. The highest BCUT2D eigenvalue weighted by Crippen LogP contribution is 2.24. The average molecular weight is 236 g/mol. The molecule has 16 heavy (non-hydrogen) atoms. The summed E-state index contributed by atoms with van der Waals surface area (Å²) in [4.78, 5) is 2.08. The molecule has 0 aliphatic carbocycles. The van der Waals surface area contributed by atoms with E-state index in [1.807, 2.05) is 19.2 Å². The van der Waals surface area contributed by atoms with E-state index in [2.05, 4.69) is 17.2 Å². The lowest BCUT2D eigenvalue weighted by Crippen LogP contribution is -2.21. The normalized spacial score (nSPS) is 9.62. The first kappa shape index (κ1) is 12.7. The molecule has 0 spiro atoms. The van der Waals surface area contributed by atoms with Gasteiger partial charge in [0.2, 0.25) is 0 Å². The fraction of sp³-hybridized carbons (Fsp3) is 0.417. The van der Waals surface area contributed by atoms with Gasteiger partial charge in [-0.1, -0.05) is 0 Å². The molecule has 0 aliphatic heterocycles. The van der Waals surface area contributed by atoms with Crippen LogP contribution >= 0.6 is 11.8 Å². The average Bonchev–Trinajstić information content (AvgIpc) is 2.35. The van der Waals surface area contributed by atoms with Crippen molar-refractivity contribution in [1.82, 2.24) is 0 Å². The van der Waals surface area contributed by atoms with Gasteiger partial charge in [0.15, 0.2) is 0 Å². The van der Waals surface area contributed by atoms with Gasteiger partial charge in [0.05, 0.1) is 18.4 Å². The molecule has 1 aromatic rings. The Hall–Kier alpha value is -1.34. The standard InChI is InChI=1S/C12H16N2OS/c1-14(6-7-16-3)12-8-11(15-2)5-4-10(12)9-13/h4-5,8H,6-7H2,1-3H3. The smallest absolute Gasteiger partial charge is 0.121 e. The Balaban J connectivity index is 2.95. The number of nitriles is 1. The molecule has 0 saturated carbocycles. The number of anilines is 1. The summed E-state index contributed by atoms with van der Waals surface area (Å²) in [6.07, 6.45) is 2.07. The molecule has 0 saturated heterocycles. The second-order valence-corrected chi connectivity index (χ2v) is 4.39. The zero-order valence-corrected chi connectivity index (χ0v) is 10.7. The number of ether oxygens (including phenoxy) is 1. The van der Waals surface area contributed by atoms with Gasteiger partial charge in [-0.15, -0.1) is 0 Å². The van der Waals surface area contributed by atoms with Gasteiger partial charge >= 0.3 is 0 Å². The van der Waals surface area contributed by atoms with E-state index < -0.39 is 0 Å². The lowest BCUT2D eigenvalue weighted by molar-refractivity contribution is 0.415. The highest BCUT2D eigenvalue weighted by Gasteiger charge is 2.08. The minimum absolute atomic E-state index is 0.685. The Labute approximate surface area is 101 Å². The number of methoxy groups -OCH3 is 1. The summed E-state index contributed by atoms with van der Waals surface area (Å²) in [6.45, 7) is 0.920. The predicted molar refractivity (Wildman–Crippen MR) is 69.4 cm³/mol. The molecule has 0 aliphatic rings. The Bertz CT molecular complexity index is 387. The van der Waals surface area contributed by atoms with E-state index in [1.54, 1.807) is 24.9 Å². The molecule has 1 aromatic carbocycles. The fourth-order valence-electron chi connectivity index (χ4n) is 1.40. The fourth-order valence-corrected chi connectivity index (χ4v) is 1.85. The molecule has 0 fully saturated rings. The van der Waals surface area contributed by atoms with Crippen molar-refractivity contribution in [2.45, 2.75) is 0 Å². The molecular weight excluding hydrogens is 220 g/mol. The Kier molecular flexibility index (Phi) is 5.00. The maximum atomic E-state index is 9.03. The summed E-state index contributed by atoms with van der Waals surface area (Å²) in [5.41, 5.74) is 1.61. The van der Waals surface area contributed by atoms with Crippen LogP contribution in [0.5, 0.6) is 5.75 Å². The highest BCUT2D eigenvalue weighted by molar-refractivity contribution is 7.98. The molecule has 0 aromatic heterocycles. The Morgan fingerprint density at radius 2 is 2.25 bits per heavy atom. The maximum Gasteiger partial charge on any atom is 0.121 e. The molecule has 0 unspecified atom stereocenters. The molecule has 86 valence electrons. The molecular formula is C12H16N2OS. The van der Waals surface area contributed by atoms with Gasteiger partial charge in [0.1, 0.15) is 11.8 Å². The zero-order chi connectivity index (χ0) is 12.0. The summed E-state index contributed by atoms with van der Waals surface area (Å²) >= 11 is 1.79. The van der Waals surface area contributed by atoms with E-state index in [4.69, 9.17) is 10.00 Å². The minimum atomic E-state index is 0.685. The molecule has 0 heterocycles. The lowest BCUT2D eigenvalue weighted by atomic mass is 10.1. The monoisotopic (exact) mass is 236 g/mol. The summed E-state index contributed by atoms with van der Waals surface area (Å²) in [5, 5.41) is 9.03. The molecule has 0 radical (unpaired) electrons. The molecule has 1 rings (SSSR count). The number of nitrogens with zero attached hydrogens (tertiary/aromatic N) is 2. The van der Waals surface area contributed by atoms with E-state index in [9.17, 15) is 0 Å². The third-order valence-corrected chi connectivity index (χ3v) is 2.96. The second kappa shape index (κ2) is 6.29. The lowest BCUT2D eigenvalue weighted by Gasteiger charge is -2.20. The van der Waals surface area contributed by atoms with Gasteiger partial charge in [0.25, 0.3) is 0 Å². The maximum absolute atomic E-state index is 9.03. The molecule has 4 heteroatoms. The topological polar surface area (TPSA) is 36.3 Å². The summed E-state index contributed by atoms with van der Waals surface area (Å²) in [6, 6.07) is 7.71. The van der Waals surface area contributed by atoms with Gasteiger partial charge in [-0.2, -0.15) is 17.0 Å². The van der Waals surface area contributed by atoms with Crippen LogP contribution in [0.1, 0.15) is 5.56 Å². The van der Waals surface area contributed by atoms with Crippen LogP contribution in [0.15, 0.2) is 18.2 Å². The number of rotatable bonds is 5. The van der Waals surface area contributed by atoms with E-state index >= 15 is 0 Å². The Morgan fingerprint density at radius 1 is 1.50 bits per heavy atom. The van der Waals surface area contributed by atoms with E-state index in [1.165, 1.54) is 0 Å². The molecule has 0 N–H and O–H groups in total. The predicted octanol–water partition coefficient (Wildman–Crippen LogP) is 2.37. The van der Waals surface area contributed by atoms with Gasteiger partial charge in [-0.05, 0) is 18.4 Å². The van der Waals surface area contributed by atoms with Gasteiger partial charge in [0, 0.05) is 25.4 Å². The van der Waals surface area contributed by atoms with Crippen LogP contribution in [0.2, 0.25) is 0 Å². The van der Waals surface area contributed by atoms with Crippen molar-refractivity contribution in [3.8, 4) is 11.8 Å². The van der Waals surface area contributed by atoms with Crippen molar-refractivity contribution in [3.63, 3.8) is 0 Å². The number of benzene rings is 1. The van der Waals surface area contributed by atoms with Crippen molar-refractivity contribution in [1.29, 1.82) is 5.26 Å². The van der Waals surface area contributed by atoms with Crippen molar-refractivity contribution >= 4 is 17.4 Å². The van der Waals surface area contributed by atoms with Gasteiger partial charge in [-0.3, -0.25) is 0 Å². The number of hydrogen-bond donors (Lipinski definition) is 0. The zero-order valence-electron chi connectivity index (χ0n) is 9.86. The number of hydrogen-bond acceptors (Lipinski definition) is 4. The second-order valence-electron chi connectivity index (χ2n) is 3.41. The van der Waals surface area contributed by atoms with E-state index in [-0.39, 0.29) is 0 Å². The SMILES string of the molecule is COc1ccc(C#N)c(N(C)CCSC)c1. The number of thioether (sulfide) groups is 1. The van der Waals surface area contributed by atoms with Crippen LogP contribution in [0.3, 0.4) is 0 Å². The first-order chi connectivity index (χ1) is 7.72. The highest BCUT2D eigenvalue weighted by atomic mass is 32.2. The Morgan fingerprint density at radius 3 is 2.81 bits per heavy atom. The van der Waals surface area contributed by atoms with Crippen LogP contribution in [0, 0.1) is 11.3 Å². The minimum Gasteiger partial charge on any atom is -0.497 e. The van der Waals surface area contributed by atoms with Gasteiger partial charge < -0.3 is 9.64 Å². The first-order valence-corrected chi connectivity index (χ1v) is 6.40. The van der Waals surface area contributed by atoms with Crippen molar-refractivity contribution in [3.05, 3.63) is 23.8 Å². The van der Waals surface area contributed by atoms with Crippen LogP contribution in [-0.2, 0) is 0 Å². The summed E-state index contributed by atoms with van der Waals surface area (Å²) < 4.78 is 5.17. The molecule has 3 nitrogen and oxygen atoms in total. The largest absolute Gasteiger partial charge is 0.497 e. The van der Waals surface area contributed by atoms with Crippen LogP contribution in [-0.4, -0.2) is 32.7 Å². The molecule has 0 bridgehead atoms. The third kappa shape index (κ3) is 3.07. The first-order valence-electron chi connectivity index (χ1n) is 5.01. The van der Waals surface area contributed by atoms with Crippen LogP contribution in [0.4, 0.5) is 5.69 Å². The summed E-state index contributed by atoms with van der Waals surface area (Å²) in [5.74, 6) is 1.82. The summed E-state index contributed by atoms with van der Waals surface area (Å²) in [7, 11) is 3.62. The quantitative estimate of drug-likeness (QED) is 0.786. The third-order valence-electron chi connectivity index (χ3n) is 2.37. The molecule has 0 amide bonds. The van der Waals surface area contributed by atoms with Crippen molar-refractivity contribution in [2.24, 2.45) is 0 Å². The van der Waals surface area contributed by atoms with Crippen molar-refractivity contribution < 1.29 is 4.74 Å². The van der Waals surface area contributed by atoms with E-state index in [0.29, 0.717) is 5.56 Å². The van der Waals surface area contributed by atoms with Crippen LogP contribution in [0.25, 0.3) is 0 Å². The van der Waals surface area contributed by atoms with E-state index in [0.717, 1.165) is 23.7 Å². The van der Waals surface area contributed by atoms with Crippen molar-refractivity contribution in [2.75, 3.05) is 37.6 Å². The van der Waals surface area contributed by atoms with Gasteiger partial charge in [-0.25, -0.2) is 0 Å². The van der Waals surface area contributed by atoms with Crippen LogP contribution < -0.4 is 9.64 Å².